The average Bonchev–Trinajstić information content (AvgIpc) is 3.45. The van der Waals surface area contributed by atoms with Gasteiger partial charge in [0.2, 0.25) is 5.88 Å². The summed E-state index contributed by atoms with van der Waals surface area (Å²) in [5.41, 5.74) is 10.1. The number of nitrogens with two attached hydrogens (primary N) is 1. The lowest BCUT2D eigenvalue weighted by molar-refractivity contribution is 0.189. The number of pyridine rings is 1. The molecule has 1 aliphatic carbocycles. The molecule has 4 rings (SSSR count). The molecule has 1 atom stereocenters. The molecule has 0 fully saturated rings. The van der Waals surface area contributed by atoms with Crippen LogP contribution in [0.2, 0.25) is 0 Å². The van der Waals surface area contributed by atoms with Crippen molar-refractivity contribution in [3.63, 3.8) is 0 Å². The zero-order valence-electron chi connectivity index (χ0n) is 19.6. The van der Waals surface area contributed by atoms with Crippen molar-refractivity contribution in [3.8, 4) is 5.88 Å². The Morgan fingerprint density at radius 1 is 1.31 bits per heavy atom. The molecular formula is C24H27N4O6PS. The van der Waals surface area contributed by atoms with Crippen molar-refractivity contribution in [2.45, 2.75) is 32.8 Å². The zero-order valence-corrected chi connectivity index (χ0v) is 21.3. The van der Waals surface area contributed by atoms with Gasteiger partial charge in [0.15, 0.2) is 5.76 Å². The molecule has 0 spiro atoms. The quantitative estimate of drug-likeness (QED) is 0.323. The number of phosphoric ester groups is 1. The van der Waals surface area contributed by atoms with Gasteiger partial charge in [-0.3, -0.25) is 4.52 Å². The first-order chi connectivity index (χ1) is 17.2. The van der Waals surface area contributed by atoms with Gasteiger partial charge < -0.3 is 24.8 Å². The van der Waals surface area contributed by atoms with E-state index in [1.807, 2.05) is 54.8 Å². The van der Waals surface area contributed by atoms with Crippen LogP contribution in [-0.4, -0.2) is 31.5 Å². The van der Waals surface area contributed by atoms with Gasteiger partial charge >= 0.3 is 7.82 Å². The molecule has 12 heteroatoms. The molecule has 0 aliphatic heterocycles. The molecule has 0 amide bonds. The van der Waals surface area contributed by atoms with Gasteiger partial charge in [-0.25, -0.2) is 14.5 Å². The number of ether oxygens (including phenoxy) is 1. The minimum Gasteiger partial charge on any atom is -0.471 e. The molecule has 3 aromatic rings. The summed E-state index contributed by atoms with van der Waals surface area (Å²) in [5.74, 6) is 1.13. The number of hydrogen-bond donors (Lipinski definition) is 3. The molecule has 4 N–H and O–H groups in total. The molecule has 0 saturated heterocycles. The Balaban J connectivity index is 1.34. The van der Waals surface area contributed by atoms with E-state index in [2.05, 4.69) is 19.6 Å². The van der Waals surface area contributed by atoms with Crippen LogP contribution in [0.5, 0.6) is 5.88 Å². The summed E-state index contributed by atoms with van der Waals surface area (Å²) < 4.78 is 26.6. The molecule has 0 aromatic carbocycles. The van der Waals surface area contributed by atoms with Crippen molar-refractivity contribution in [3.05, 3.63) is 87.5 Å². The summed E-state index contributed by atoms with van der Waals surface area (Å²) >= 11 is 1.59. The molecule has 0 radical (unpaired) electrons. The highest BCUT2D eigenvalue weighted by Gasteiger charge is 2.17. The fourth-order valence-corrected chi connectivity index (χ4v) is 4.53. The molecule has 36 heavy (non-hydrogen) atoms. The third-order valence-corrected chi connectivity index (χ3v) is 6.73. The highest BCUT2D eigenvalue weighted by Crippen LogP contribution is 2.36. The number of allylic oxidation sites excluding steroid dienone is 5. The van der Waals surface area contributed by atoms with Crippen molar-refractivity contribution in [1.29, 1.82) is 0 Å². The third kappa shape index (κ3) is 7.71. The molecule has 0 bridgehead atoms. The van der Waals surface area contributed by atoms with Crippen molar-refractivity contribution in [2.24, 2.45) is 11.7 Å². The lowest BCUT2D eigenvalue weighted by atomic mass is 9.96. The smallest absolute Gasteiger partial charge is 0.469 e. The van der Waals surface area contributed by atoms with Crippen molar-refractivity contribution >= 4 is 24.7 Å². The van der Waals surface area contributed by atoms with Crippen LogP contribution in [0.15, 0.2) is 64.3 Å². The first kappa shape index (κ1) is 26.0. The molecule has 0 saturated carbocycles. The van der Waals surface area contributed by atoms with Crippen LogP contribution in [0, 0.1) is 12.8 Å². The number of hydrogen-bond acceptors (Lipinski definition) is 9. The summed E-state index contributed by atoms with van der Waals surface area (Å²) in [4.78, 5) is 26.4. The van der Waals surface area contributed by atoms with Gasteiger partial charge in [-0.15, -0.1) is 11.3 Å². The van der Waals surface area contributed by atoms with E-state index >= 15 is 0 Å². The molecule has 1 unspecified atom stereocenters. The lowest BCUT2D eigenvalue weighted by Gasteiger charge is -2.14. The number of aryl methyl sites for hydroxylation is 1. The van der Waals surface area contributed by atoms with Crippen LogP contribution in [-0.2, 0) is 22.1 Å². The Morgan fingerprint density at radius 3 is 2.89 bits per heavy atom. The summed E-state index contributed by atoms with van der Waals surface area (Å²) in [6, 6.07) is 5.60. The minimum atomic E-state index is -4.46. The van der Waals surface area contributed by atoms with Crippen molar-refractivity contribution < 1.29 is 28.1 Å². The van der Waals surface area contributed by atoms with Gasteiger partial charge in [0.25, 0.3) is 0 Å². The highest BCUT2D eigenvalue weighted by atomic mass is 32.1. The van der Waals surface area contributed by atoms with Crippen molar-refractivity contribution in [1.82, 2.24) is 15.1 Å². The van der Waals surface area contributed by atoms with Crippen LogP contribution >= 0.6 is 19.2 Å². The number of nitrogens with zero attached hydrogens (tertiary/aromatic N) is 3. The molecule has 1 aliphatic rings. The number of rotatable bonds is 10. The van der Waals surface area contributed by atoms with Crippen molar-refractivity contribution in [2.75, 3.05) is 6.61 Å². The Labute approximate surface area is 212 Å². The lowest BCUT2D eigenvalue weighted by Crippen LogP contribution is -2.06. The van der Waals surface area contributed by atoms with Gasteiger partial charge in [-0.05, 0) is 37.3 Å². The first-order valence-electron chi connectivity index (χ1n) is 11.2. The Morgan fingerprint density at radius 2 is 2.17 bits per heavy atom. The molecule has 190 valence electrons. The summed E-state index contributed by atoms with van der Waals surface area (Å²) in [7, 11) is -4.46. The standard InChI is InChI=1S/C24H27N4O6PS/c1-16-27-20(15-36-16)14-32-24-8-6-18(13-26-24)11-19-12-23(34-28-19)21-4-2-3-17(5-7-22(21)25)9-10-33-35(29,30)31/h2-4,6-8,12-13,15,17H,5,9-11,14,25H2,1H3,(H2,29,30,31)/b3-2-,21-4+,22-7-. The molecule has 3 aromatic heterocycles. The van der Waals surface area contributed by atoms with E-state index in [1.165, 1.54) is 0 Å². The summed E-state index contributed by atoms with van der Waals surface area (Å²) in [5, 5.41) is 7.15. The molecule has 3 heterocycles. The second-order valence-corrected chi connectivity index (χ2v) is 10.5. The minimum absolute atomic E-state index is 0.0392. The van der Waals surface area contributed by atoms with Crippen LogP contribution < -0.4 is 10.5 Å². The van der Waals surface area contributed by atoms with Crippen LogP contribution in [0.4, 0.5) is 0 Å². The second kappa shape index (κ2) is 11.8. The monoisotopic (exact) mass is 530 g/mol. The van der Waals surface area contributed by atoms with Gasteiger partial charge in [0, 0.05) is 41.4 Å². The van der Waals surface area contributed by atoms with E-state index in [0.29, 0.717) is 48.8 Å². The van der Waals surface area contributed by atoms with E-state index in [-0.39, 0.29) is 12.5 Å². The first-order valence-corrected chi connectivity index (χ1v) is 13.7. The predicted octanol–water partition coefficient (Wildman–Crippen LogP) is 4.31. The fourth-order valence-electron chi connectivity index (χ4n) is 3.59. The summed E-state index contributed by atoms with van der Waals surface area (Å²) in [6.45, 7) is 2.30. The average molecular weight is 531 g/mol. The highest BCUT2D eigenvalue weighted by molar-refractivity contribution is 7.46. The largest absolute Gasteiger partial charge is 0.471 e. The molecular weight excluding hydrogens is 503 g/mol. The Bertz CT molecular complexity index is 1310. The normalized spacial score (nSPS) is 20.0. The van der Waals surface area contributed by atoms with Gasteiger partial charge in [0.1, 0.15) is 6.61 Å². The SMILES string of the molecule is Cc1nc(COc2ccc(Cc3cc(C4=C/C=C\C(CCOP(=O)(O)O)C\C=C\4N)on3)cn2)cs1. The van der Waals surface area contributed by atoms with E-state index in [1.54, 1.807) is 17.5 Å². The summed E-state index contributed by atoms with van der Waals surface area (Å²) in [6.07, 6.45) is 10.9. The maximum Gasteiger partial charge on any atom is 0.469 e. The second-order valence-electron chi connectivity index (χ2n) is 8.24. The maximum absolute atomic E-state index is 10.8. The predicted molar refractivity (Wildman–Crippen MR) is 135 cm³/mol. The van der Waals surface area contributed by atoms with Gasteiger partial charge in [-0.2, -0.15) is 0 Å². The van der Waals surface area contributed by atoms with Gasteiger partial charge in [0.05, 0.1) is 23.0 Å². The van der Waals surface area contributed by atoms with Gasteiger partial charge in [-0.1, -0.05) is 29.5 Å². The Kier molecular flexibility index (Phi) is 8.50. The number of aromatic nitrogens is 3. The Hall–Kier alpha value is -3.08. The number of thiazole rings is 1. The van der Waals surface area contributed by atoms with E-state index in [0.717, 1.165) is 22.0 Å². The fraction of sp³-hybridized carbons (Fsp3) is 0.292. The number of phosphoric acid groups is 1. The maximum atomic E-state index is 10.8. The van der Waals surface area contributed by atoms with Crippen LogP contribution in [0.25, 0.3) is 5.57 Å². The van der Waals surface area contributed by atoms with E-state index in [4.69, 9.17) is 24.8 Å². The molecule has 10 nitrogen and oxygen atoms in total. The topological polar surface area (TPSA) is 154 Å². The van der Waals surface area contributed by atoms with Crippen LogP contribution in [0.3, 0.4) is 0 Å². The zero-order chi connectivity index (χ0) is 25.5. The van der Waals surface area contributed by atoms with E-state index in [9.17, 15) is 4.57 Å². The van der Waals surface area contributed by atoms with E-state index < -0.39 is 7.82 Å². The third-order valence-electron chi connectivity index (χ3n) is 5.39. The van der Waals surface area contributed by atoms with Crippen LogP contribution in [0.1, 0.15) is 40.6 Å².